The molecule has 8 heteroatoms. The van der Waals surface area contributed by atoms with Crippen LogP contribution in [0, 0.1) is 0 Å². The molecule has 1 saturated heterocycles. The molecule has 0 aliphatic carbocycles. The number of benzene rings is 1. The van der Waals surface area contributed by atoms with Gasteiger partial charge in [-0.15, -0.1) is 0 Å². The molecule has 3 N–H and O–H groups in total. The normalized spacial score (nSPS) is 17.9. The predicted molar refractivity (Wildman–Crippen MR) is 88.9 cm³/mol. The Hall–Kier alpha value is -2.32. The Kier molecular flexibility index (Phi) is 6.40. The first-order valence-corrected chi connectivity index (χ1v) is 7.78. The van der Waals surface area contributed by atoms with E-state index in [0.717, 1.165) is 5.56 Å². The van der Waals surface area contributed by atoms with Gasteiger partial charge in [0.15, 0.2) is 0 Å². The van der Waals surface area contributed by atoms with Crippen LogP contribution in [0.5, 0.6) is 0 Å². The Labute approximate surface area is 141 Å². The van der Waals surface area contributed by atoms with Crippen molar-refractivity contribution in [1.82, 2.24) is 10.2 Å². The summed E-state index contributed by atoms with van der Waals surface area (Å²) in [6.45, 7) is 4.23. The molecule has 2 amide bonds. The molecule has 1 fully saturated rings. The number of rotatable bonds is 6. The standard InChI is InChI=1S/C16H21BN2O5/c1-2-15(20)19-9-8-13(11-19)24-16(21)18-14(17(22)23)10-12-6-4-3-5-7-12/h2-7,13-14,22-23H,1,8-11H2,(H,18,21)/t13?,14-/m0/s1. The molecule has 0 saturated carbocycles. The highest BCUT2D eigenvalue weighted by atomic mass is 16.6. The highest BCUT2D eigenvalue weighted by molar-refractivity contribution is 6.43. The zero-order chi connectivity index (χ0) is 17.5. The molecule has 0 aromatic heterocycles. The summed E-state index contributed by atoms with van der Waals surface area (Å²) in [6.07, 6.45) is 0.877. The van der Waals surface area contributed by atoms with Gasteiger partial charge in [0.2, 0.25) is 5.91 Å². The van der Waals surface area contributed by atoms with Crippen molar-refractivity contribution >= 4 is 19.1 Å². The lowest BCUT2D eigenvalue weighted by Gasteiger charge is -2.20. The SMILES string of the molecule is C=CC(=O)N1CCC(OC(=O)N[C@@H](Cc2ccccc2)B(O)O)C1. The number of nitrogens with one attached hydrogen (secondary N) is 1. The zero-order valence-electron chi connectivity index (χ0n) is 13.3. The van der Waals surface area contributed by atoms with E-state index in [9.17, 15) is 19.6 Å². The van der Waals surface area contributed by atoms with Crippen LogP contribution in [0.15, 0.2) is 43.0 Å². The first kappa shape index (κ1) is 18.0. The van der Waals surface area contributed by atoms with Crippen LogP contribution in [-0.4, -0.2) is 59.2 Å². The minimum atomic E-state index is -1.71. The number of ether oxygens (including phenoxy) is 1. The van der Waals surface area contributed by atoms with E-state index in [0.29, 0.717) is 19.5 Å². The van der Waals surface area contributed by atoms with Crippen molar-refractivity contribution in [3.63, 3.8) is 0 Å². The van der Waals surface area contributed by atoms with Crippen molar-refractivity contribution in [3.8, 4) is 0 Å². The Morgan fingerprint density at radius 3 is 2.75 bits per heavy atom. The van der Waals surface area contributed by atoms with Gasteiger partial charge in [-0.05, 0) is 18.1 Å². The molecule has 1 aliphatic rings. The second-order valence-electron chi connectivity index (χ2n) is 5.66. The molecular weight excluding hydrogens is 311 g/mol. The molecule has 1 aliphatic heterocycles. The van der Waals surface area contributed by atoms with E-state index in [1.807, 2.05) is 30.3 Å². The number of hydrogen-bond acceptors (Lipinski definition) is 5. The average Bonchev–Trinajstić information content (AvgIpc) is 3.02. The molecule has 2 rings (SSSR count). The summed E-state index contributed by atoms with van der Waals surface area (Å²) < 4.78 is 5.25. The fraction of sp³-hybridized carbons (Fsp3) is 0.375. The van der Waals surface area contributed by atoms with Gasteiger partial charge in [0, 0.05) is 13.0 Å². The summed E-state index contributed by atoms with van der Waals surface area (Å²) in [5, 5.41) is 21.4. The number of carbonyl (C=O) groups is 2. The predicted octanol–water partition coefficient (Wildman–Crippen LogP) is 0.123. The van der Waals surface area contributed by atoms with E-state index < -0.39 is 25.3 Å². The van der Waals surface area contributed by atoms with Gasteiger partial charge in [-0.1, -0.05) is 36.9 Å². The third kappa shape index (κ3) is 5.11. The average molecular weight is 332 g/mol. The summed E-state index contributed by atoms with van der Waals surface area (Å²) in [5.41, 5.74) is 0.861. The van der Waals surface area contributed by atoms with Crippen LogP contribution in [0.4, 0.5) is 4.79 Å². The van der Waals surface area contributed by atoms with Gasteiger partial charge in [0.05, 0.1) is 12.5 Å². The maximum Gasteiger partial charge on any atom is 0.475 e. The largest absolute Gasteiger partial charge is 0.475 e. The lowest BCUT2D eigenvalue weighted by atomic mass is 9.76. The molecule has 0 radical (unpaired) electrons. The number of nitrogens with zero attached hydrogens (tertiary/aromatic N) is 1. The van der Waals surface area contributed by atoms with Gasteiger partial charge < -0.3 is 25.0 Å². The van der Waals surface area contributed by atoms with Gasteiger partial charge in [0.1, 0.15) is 6.10 Å². The lowest BCUT2D eigenvalue weighted by molar-refractivity contribution is -0.125. The quantitative estimate of drug-likeness (QED) is 0.508. The van der Waals surface area contributed by atoms with E-state index in [1.165, 1.54) is 6.08 Å². The molecule has 24 heavy (non-hydrogen) atoms. The van der Waals surface area contributed by atoms with Crippen LogP contribution in [0.2, 0.25) is 0 Å². The Morgan fingerprint density at radius 1 is 1.42 bits per heavy atom. The van der Waals surface area contributed by atoms with Crippen LogP contribution in [0.1, 0.15) is 12.0 Å². The van der Waals surface area contributed by atoms with Gasteiger partial charge in [0.25, 0.3) is 0 Å². The molecular formula is C16H21BN2O5. The monoisotopic (exact) mass is 332 g/mol. The number of likely N-dealkylation sites (tertiary alicyclic amines) is 1. The number of hydrogen-bond donors (Lipinski definition) is 3. The van der Waals surface area contributed by atoms with Crippen molar-refractivity contribution in [1.29, 1.82) is 0 Å². The minimum Gasteiger partial charge on any atom is -0.444 e. The number of carbonyl (C=O) groups excluding carboxylic acids is 2. The Balaban J connectivity index is 1.85. The van der Waals surface area contributed by atoms with Crippen molar-refractivity contribution in [2.24, 2.45) is 0 Å². The van der Waals surface area contributed by atoms with Crippen LogP contribution in [0.25, 0.3) is 0 Å². The smallest absolute Gasteiger partial charge is 0.444 e. The molecule has 1 unspecified atom stereocenters. The van der Waals surface area contributed by atoms with Crippen molar-refractivity contribution in [2.75, 3.05) is 13.1 Å². The Bertz CT molecular complexity index is 581. The Morgan fingerprint density at radius 2 is 2.12 bits per heavy atom. The maximum atomic E-state index is 12.0. The summed E-state index contributed by atoms with van der Waals surface area (Å²) in [5.74, 6) is -1.08. The van der Waals surface area contributed by atoms with E-state index in [4.69, 9.17) is 4.74 Å². The second-order valence-corrected chi connectivity index (χ2v) is 5.66. The first-order chi connectivity index (χ1) is 11.5. The fourth-order valence-corrected chi connectivity index (χ4v) is 2.59. The summed E-state index contributed by atoms with van der Waals surface area (Å²) in [7, 11) is -1.71. The van der Waals surface area contributed by atoms with Crippen LogP contribution < -0.4 is 5.32 Å². The number of alkyl carbamates (subject to hydrolysis) is 1. The van der Waals surface area contributed by atoms with Crippen LogP contribution >= 0.6 is 0 Å². The van der Waals surface area contributed by atoms with Crippen molar-refractivity contribution in [2.45, 2.75) is 24.9 Å². The molecule has 128 valence electrons. The highest BCUT2D eigenvalue weighted by Gasteiger charge is 2.30. The molecule has 1 aromatic carbocycles. The third-order valence-electron chi connectivity index (χ3n) is 3.87. The second kappa shape index (κ2) is 8.51. The topological polar surface area (TPSA) is 99.1 Å². The molecule has 1 aromatic rings. The van der Waals surface area contributed by atoms with Gasteiger partial charge in [-0.25, -0.2) is 4.79 Å². The van der Waals surface area contributed by atoms with Crippen LogP contribution in [0.3, 0.4) is 0 Å². The summed E-state index contributed by atoms with van der Waals surface area (Å²) >= 11 is 0. The fourth-order valence-electron chi connectivity index (χ4n) is 2.59. The highest BCUT2D eigenvalue weighted by Crippen LogP contribution is 2.13. The molecule has 7 nitrogen and oxygen atoms in total. The lowest BCUT2D eigenvalue weighted by Crippen LogP contribution is -2.48. The minimum absolute atomic E-state index is 0.200. The van der Waals surface area contributed by atoms with Gasteiger partial charge in [-0.2, -0.15) is 0 Å². The summed E-state index contributed by atoms with van der Waals surface area (Å²) in [4.78, 5) is 25.0. The molecule has 0 bridgehead atoms. The number of amides is 2. The zero-order valence-corrected chi connectivity index (χ0v) is 13.3. The van der Waals surface area contributed by atoms with Gasteiger partial charge in [-0.3, -0.25) is 4.79 Å². The maximum absolute atomic E-state index is 12.0. The van der Waals surface area contributed by atoms with Gasteiger partial charge >= 0.3 is 13.2 Å². The van der Waals surface area contributed by atoms with Crippen LogP contribution in [-0.2, 0) is 16.0 Å². The van der Waals surface area contributed by atoms with Crippen molar-refractivity contribution in [3.05, 3.63) is 48.6 Å². The van der Waals surface area contributed by atoms with Crippen molar-refractivity contribution < 1.29 is 24.4 Å². The van der Waals surface area contributed by atoms with E-state index in [-0.39, 0.29) is 12.3 Å². The van der Waals surface area contributed by atoms with E-state index in [1.54, 1.807) is 4.90 Å². The summed E-state index contributed by atoms with van der Waals surface area (Å²) in [6, 6.07) is 9.18. The molecule has 2 atom stereocenters. The third-order valence-corrected chi connectivity index (χ3v) is 3.87. The van der Waals surface area contributed by atoms with E-state index in [2.05, 4.69) is 11.9 Å². The van der Waals surface area contributed by atoms with E-state index >= 15 is 0 Å². The molecule has 1 heterocycles. The molecule has 0 spiro atoms. The first-order valence-electron chi connectivity index (χ1n) is 7.78.